The summed E-state index contributed by atoms with van der Waals surface area (Å²) in [5.74, 6) is 0.300. The van der Waals surface area contributed by atoms with Crippen molar-refractivity contribution < 1.29 is 14.3 Å². The molecule has 1 N–H and O–H groups in total. The Bertz CT molecular complexity index is 864. The van der Waals surface area contributed by atoms with Gasteiger partial charge in [0.1, 0.15) is 5.75 Å². The fourth-order valence-electron chi connectivity index (χ4n) is 3.04. The Labute approximate surface area is 170 Å². The number of benzene rings is 2. The van der Waals surface area contributed by atoms with Crippen LogP contribution in [0.5, 0.6) is 5.75 Å². The number of anilines is 1. The number of nitrogens with one attached hydrogen (secondary N) is 1. The second-order valence-electron chi connectivity index (χ2n) is 6.92. The van der Waals surface area contributed by atoms with E-state index in [1.807, 2.05) is 18.9 Å². The summed E-state index contributed by atoms with van der Waals surface area (Å²) < 4.78 is 5.56. The van der Waals surface area contributed by atoms with Crippen LogP contribution in [0.1, 0.15) is 15.9 Å². The van der Waals surface area contributed by atoms with E-state index in [1.165, 1.54) is 0 Å². The lowest BCUT2D eigenvalue weighted by molar-refractivity contribution is -0.118. The standard InChI is InChI=1S/C21H24ClN3O3/c1-15-12-17(22)6-7-19(15)28-14-20(26)23-18-5-3-4-16(13-18)21(27)25-10-8-24(2)9-11-25/h3-7,12-13H,8-11,14H2,1-2H3,(H,23,26). The molecule has 0 bridgehead atoms. The van der Waals surface area contributed by atoms with E-state index >= 15 is 0 Å². The lowest BCUT2D eigenvalue weighted by atomic mass is 10.1. The lowest BCUT2D eigenvalue weighted by Crippen LogP contribution is -2.47. The van der Waals surface area contributed by atoms with E-state index in [0.717, 1.165) is 18.7 Å². The van der Waals surface area contributed by atoms with Crippen LogP contribution in [0.3, 0.4) is 0 Å². The van der Waals surface area contributed by atoms with Gasteiger partial charge in [0.2, 0.25) is 0 Å². The Hall–Kier alpha value is -2.57. The van der Waals surface area contributed by atoms with Crippen LogP contribution >= 0.6 is 11.6 Å². The Kier molecular flexibility index (Phi) is 6.54. The zero-order chi connectivity index (χ0) is 20.1. The average Bonchev–Trinajstić information content (AvgIpc) is 2.67. The Morgan fingerprint density at radius 3 is 2.57 bits per heavy atom. The van der Waals surface area contributed by atoms with E-state index < -0.39 is 0 Å². The van der Waals surface area contributed by atoms with E-state index in [9.17, 15) is 9.59 Å². The second kappa shape index (κ2) is 9.08. The zero-order valence-electron chi connectivity index (χ0n) is 16.1. The number of hydrogen-bond donors (Lipinski definition) is 1. The molecule has 1 aliphatic rings. The molecule has 3 rings (SSSR count). The minimum atomic E-state index is -0.293. The van der Waals surface area contributed by atoms with Gasteiger partial charge in [-0.3, -0.25) is 9.59 Å². The molecule has 0 unspecified atom stereocenters. The summed E-state index contributed by atoms with van der Waals surface area (Å²) in [4.78, 5) is 28.9. The summed E-state index contributed by atoms with van der Waals surface area (Å²) in [6.45, 7) is 4.89. The monoisotopic (exact) mass is 401 g/mol. The van der Waals surface area contributed by atoms with Gasteiger partial charge in [0.25, 0.3) is 11.8 Å². The molecule has 28 heavy (non-hydrogen) atoms. The molecule has 7 heteroatoms. The zero-order valence-corrected chi connectivity index (χ0v) is 16.8. The molecule has 2 aromatic carbocycles. The van der Waals surface area contributed by atoms with Gasteiger partial charge in [-0.1, -0.05) is 17.7 Å². The van der Waals surface area contributed by atoms with Gasteiger partial charge < -0.3 is 19.9 Å². The number of likely N-dealkylation sites (N-methyl/N-ethyl adjacent to an activating group) is 1. The van der Waals surface area contributed by atoms with Gasteiger partial charge in [-0.2, -0.15) is 0 Å². The van der Waals surface area contributed by atoms with Crippen LogP contribution in [0.25, 0.3) is 0 Å². The Morgan fingerprint density at radius 1 is 1.11 bits per heavy atom. The van der Waals surface area contributed by atoms with E-state index in [0.29, 0.717) is 35.1 Å². The van der Waals surface area contributed by atoms with Crippen LogP contribution in [0, 0.1) is 6.92 Å². The molecule has 1 heterocycles. The van der Waals surface area contributed by atoms with Crippen LogP contribution < -0.4 is 10.1 Å². The number of amides is 2. The molecule has 1 fully saturated rings. The third-order valence-electron chi connectivity index (χ3n) is 4.68. The third-order valence-corrected chi connectivity index (χ3v) is 4.91. The maximum atomic E-state index is 12.7. The van der Waals surface area contributed by atoms with E-state index in [4.69, 9.17) is 16.3 Å². The van der Waals surface area contributed by atoms with E-state index in [1.54, 1.807) is 42.5 Å². The number of ether oxygens (including phenoxy) is 1. The van der Waals surface area contributed by atoms with Crippen molar-refractivity contribution >= 4 is 29.1 Å². The molecule has 0 atom stereocenters. The number of rotatable bonds is 5. The molecule has 2 amide bonds. The van der Waals surface area contributed by atoms with Crippen molar-refractivity contribution in [3.05, 3.63) is 58.6 Å². The van der Waals surface area contributed by atoms with Crippen LogP contribution in [-0.4, -0.2) is 61.4 Å². The molecule has 2 aromatic rings. The van der Waals surface area contributed by atoms with Gasteiger partial charge in [-0.05, 0) is 55.9 Å². The van der Waals surface area contributed by atoms with Crippen molar-refractivity contribution in [1.29, 1.82) is 0 Å². The topological polar surface area (TPSA) is 61.9 Å². The van der Waals surface area contributed by atoms with Gasteiger partial charge in [-0.15, -0.1) is 0 Å². The predicted molar refractivity (Wildman–Crippen MR) is 110 cm³/mol. The van der Waals surface area contributed by atoms with Crippen molar-refractivity contribution in [2.45, 2.75) is 6.92 Å². The highest BCUT2D eigenvalue weighted by molar-refractivity contribution is 6.30. The van der Waals surface area contributed by atoms with E-state index in [-0.39, 0.29) is 18.4 Å². The van der Waals surface area contributed by atoms with Crippen molar-refractivity contribution in [2.75, 3.05) is 45.2 Å². The summed E-state index contributed by atoms with van der Waals surface area (Å²) in [5.41, 5.74) is 2.00. The number of halogens is 1. The van der Waals surface area contributed by atoms with Crippen LogP contribution in [0.15, 0.2) is 42.5 Å². The normalized spacial score (nSPS) is 14.6. The molecule has 0 aliphatic carbocycles. The molecule has 0 saturated carbocycles. The maximum Gasteiger partial charge on any atom is 0.262 e. The van der Waals surface area contributed by atoms with Crippen LogP contribution in [0.2, 0.25) is 5.02 Å². The number of carbonyl (C=O) groups excluding carboxylic acids is 2. The maximum absolute atomic E-state index is 12.7. The largest absolute Gasteiger partial charge is 0.483 e. The smallest absolute Gasteiger partial charge is 0.262 e. The summed E-state index contributed by atoms with van der Waals surface area (Å²) >= 11 is 5.92. The SMILES string of the molecule is Cc1cc(Cl)ccc1OCC(=O)Nc1cccc(C(=O)N2CCN(C)CC2)c1. The Balaban J connectivity index is 1.57. The number of hydrogen-bond acceptors (Lipinski definition) is 4. The van der Waals surface area contributed by atoms with Crippen molar-refractivity contribution in [1.82, 2.24) is 9.80 Å². The van der Waals surface area contributed by atoms with Crippen molar-refractivity contribution in [3.8, 4) is 5.75 Å². The molecular formula is C21H24ClN3O3. The molecule has 0 spiro atoms. The number of carbonyl (C=O) groups is 2. The number of nitrogens with zero attached hydrogens (tertiary/aromatic N) is 2. The van der Waals surface area contributed by atoms with Crippen LogP contribution in [0.4, 0.5) is 5.69 Å². The van der Waals surface area contributed by atoms with Gasteiger partial charge in [-0.25, -0.2) is 0 Å². The lowest BCUT2D eigenvalue weighted by Gasteiger charge is -2.32. The molecular weight excluding hydrogens is 378 g/mol. The van der Waals surface area contributed by atoms with Crippen molar-refractivity contribution in [3.63, 3.8) is 0 Å². The quantitative estimate of drug-likeness (QED) is 0.836. The highest BCUT2D eigenvalue weighted by Gasteiger charge is 2.20. The van der Waals surface area contributed by atoms with Gasteiger partial charge in [0, 0.05) is 42.5 Å². The van der Waals surface area contributed by atoms with Gasteiger partial charge in [0.05, 0.1) is 0 Å². The molecule has 1 saturated heterocycles. The summed E-state index contributed by atoms with van der Waals surface area (Å²) in [5, 5.41) is 3.40. The minimum Gasteiger partial charge on any atom is -0.483 e. The van der Waals surface area contributed by atoms with Gasteiger partial charge in [0.15, 0.2) is 6.61 Å². The molecule has 0 radical (unpaired) electrons. The first-order valence-corrected chi connectivity index (χ1v) is 9.57. The third kappa shape index (κ3) is 5.24. The average molecular weight is 402 g/mol. The first-order valence-electron chi connectivity index (χ1n) is 9.19. The first kappa shape index (κ1) is 20.2. The fraction of sp³-hybridized carbons (Fsp3) is 0.333. The predicted octanol–water partition coefficient (Wildman–Crippen LogP) is 3.05. The fourth-order valence-corrected chi connectivity index (χ4v) is 3.26. The molecule has 148 valence electrons. The van der Waals surface area contributed by atoms with Crippen molar-refractivity contribution in [2.24, 2.45) is 0 Å². The number of piperazine rings is 1. The molecule has 0 aromatic heterocycles. The number of aryl methyl sites for hydroxylation is 1. The molecule has 6 nitrogen and oxygen atoms in total. The highest BCUT2D eigenvalue weighted by atomic mass is 35.5. The Morgan fingerprint density at radius 2 is 1.86 bits per heavy atom. The summed E-state index contributed by atoms with van der Waals surface area (Å²) in [6.07, 6.45) is 0. The highest BCUT2D eigenvalue weighted by Crippen LogP contribution is 2.22. The molecule has 1 aliphatic heterocycles. The summed E-state index contributed by atoms with van der Waals surface area (Å²) in [6, 6.07) is 12.2. The first-order chi connectivity index (χ1) is 13.4. The summed E-state index contributed by atoms with van der Waals surface area (Å²) in [7, 11) is 2.05. The second-order valence-corrected chi connectivity index (χ2v) is 7.36. The van der Waals surface area contributed by atoms with Gasteiger partial charge >= 0.3 is 0 Å². The van der Waals surface area contributed by atoms with E-state index in [2.05, 4.69) is 10.2 Å². The minimum absolute atomic E-state index is 0.0164. The van der Waals surface area contributed by atoms with Crippen LogP contribution in [-0.2, 0) is 4.79 Å².